The Bertz CT molecular complexity index is 312. The van der Waals surface area contributed by atoms with E-state index in [0.717, 1.165) is 5.56 Å². The van der Waals surface area contributed by atoms with E-state index in [-0.39, 0.29) is 5.75 Å². The summed E-state index contributed by atoms with van der Waals surface area (Å²) in [7, 11) is 1.87. The zero-order valence-corrected chi connectivity index (χ0v) is 8.67. The molecule has 0 bridgehead atoms. The molecule has 0 aromatic heterocycles. The Kier molecular flexibility index (Phi) is 3.86. The number of hydrogen-bond donors (Lipinski definition) is 2. The molecule has 0 radical (unpaired) electrons. The van der Waals surface area contributed by atoms with E-state index in [1.54, 1.807) is 24.3 Å². The zero-order valence-electron chi connectivity index (χ0n) is 7.51. The van der Waals surface area contributed by atoms with Gasteiger partial charge < -0.3 is 15.4 Å². The van der Waals surface area contributed by atoms with E-state index < -0.39 is 12.0 Å². The number of rotatable bonds is 3. The van der Waals surface area contributed by atoms with Crippen molar-refractivity contribution in [2.24, 2.45) is 5.73 Å². The highest BCUT2D eigenvalue weighted by molar-refractivity contribution is 7.10. The smallest absolute Gasteiger partial charge is 0.325 e. The van der Waals surface area contributed by atoms with Crippen molar-refractivity contribution in [1.29, 1.82) is 0 Å². The average molecular weight is 213 g/mol. The maximum Gasteiger partial charge on any atom is 0.325 e. The third-order valence-corrected chi connectivity index (χ3v) is 2.04. The molecule has 5 heteroatoms. The highest BCUT2D eigenvalue weighted by Gasteiger charge is 2.13. The normalized spacial score (nSPS) is 12.1. The third kappa shape index (κ3) is 2.98. The van der Waals surface area contributed by atoms with E-state index in [2.05, 4.69) is 4.52 Å². The lowest BCUT2D eigenvalue weighted by Gasteiger charge is -2.08. The third-order valence-electron chi connectivity index (χ3n) is 1.81. The molecule has 1 unspecified atom stereocenters. The molecule has 0 heterocycles. The van der Waals surface area contributed by atoms with Crippen LogP contribution in [0.15, 0.2) is 24.3 Å². The van der Waals surface area contributed by atoms with Gasteiger partial charge in [0.1, 0.15) is 11.8 Å². The lowest BCUT2D eigenvalue weighted by atomic mass is 10.1. The molecule has 0 aliphatic rings. The zero-order chi connectivity index (χ0) is 10.6. The summed E-state index contributed by atoms with van der Waals surface area (Å²) in [5.74, 6) is -0.279. The molecule has 1 aromatic rings. The molecule has 0 aliphatic heterocycles. The van der Waals surface area contributed by atoms with Crippen LogP contribution in [0, 0.1) is 0 Å². The molecule has 76 valence electrons. The van der Waals surface area contributed by atoms with Gasteiger partial charge in [-0.05, 0) is 24.1 Å². The average Bonchev–Trinajstić information content (AvgIpc) is 2.20. The number of carbonyl (C=O) groups is 1. The summed E-state index contributed by atoms with van der Waals surface area (Å²) in [6.07, 6.45) is 0.396. The summed E-state index contributed by atoms with van der Waals surface area (Å²) in [6, 6.07) is 5.86. The Morgan fingerprint density at radius 2 is 2.07 bits per heavy atom. The Balaban J connectivity index is 2.60. The molecule has 3 N–H and O–H groups in total. The molecule has 1 aromatic carbocycles. The quantitative estimate of drug-likeness (QED) is 0.721. The first-order valence-corrected chi connectivity index (χ1v) is 4.54. The number of benzene rings is 1. The van der Waals surface area contributed by atoms with Gasteiger partial charge >= 0.3 is 5.97 Å². The SMILES string of the molecule is N[C@@H](Cc1ccc(O)cc1)C(=O)OP. The maximum atomic E-state index is 11.0. The minimum absolute atomic E-state index is 0.191. The van der Waals surface area contributed by atoms with Gasteiger partial charge in [-0.3, -0.25) is 4.79 Å². The molecule has 2 atom stereocenters. The first kappa shape index (κ1) is 11.0. The lowest BCUT2D eigenvalue weighted by Crippen LogP contribution is -2.32. The Morgan fingerprint density at radius 3 is 2.57 bits per heavy atom. The number of hydrogen-bond acceptors (Lipinski definition) is 4. The first-order chi connectivity index (χ1) is 6.63. The highest BCUT2D eigenvalue weighted by Crippen LogP contribution is 2.11. The van der Waals surface area contributed by atoms with Crippen molar-refractivity contribution < 1.29 is 14.4 Å². The van der Waals surface area contributed by atoms with Crippen molar-refractivity contribution >= 4 is 15.4 Å². The Hall–Kier alpha value is -1.12. The molecule has 0 fully saturated rings. The van der Waals surface area contributed by atoms with Gasteiger partial charge in [-0.15, -0.1) is 0 Å². The van der Waals surface area contributed by atoms with Gasteiger partial charge in [0.2, 0.25) is 0 Å². The van der Waals surface area contributed by atoms with Gasteiger partial charge in [-0.1, -0.05) is 12.1 Å². The monoisotopic (exact) mass is 213 g/mol. The number of carbonyl (C=O) groups excluding carboxylic acids is 1. The largest absolute Gasteiger partial charge is 0.508 e. The first-order valence-electron chi connectivity index (χ1n) is 4.07. The van der Waals surface area contributed by atoms with Gasteiger partial charge in [0.15, 0.2) is 0 Å². The van der Waals surface area contributed by atoms with Crippen molar-refractivity contribution in [3.8, 4) is 5.75 Å². The molecule has 0 saturated heterocycles. The van der Waals surface area contributed by atoms with Gasteiger partial charge in [0.05, 0.1) is 9.47 Å². The van der Waals surface area contributed by atoms with Crippen LogP contribution in [-0.2, 0) is 15.7 Å². The predicted molar refractivity (Wildman–Crippen MR) is 55.6 cm³/mol. The van der Waals surface area contributed by atoms with Crippen molar-refractivity contribution in [1.82, 2.24) is 0 Å². The summed E-state index contributed by atoms with van der Waals surface area (Å²) < 4.78 is 4.41. The van der Waals surface area contributed by atoms with E-state index in [0.29, 0.717) is 6.42 Å². The molecule has 0 saturated carbocycles. The molecule has 1 rings (SSSR count). The van der Waals surface area contributed by atoms with Crippen molar-refractivity contribution in [2.75, 3.05) is 0 Å². The van der Waals surface area contributed by atoms with E-state index in [9.17, 15) is 4.79 Å². The fourth-order valence-electron chi connectivity index (χ4n) is 1.06. The number of aromatic hydroxyl groups is 1. The highest BCUT2D eigenvalue weighted by atomic mass is 31.0. The van der Waals surface area contributed by atoms with Crippen LogP contribution in [0.1, 0.15) is 5.56 Å². The van der Waals surface area contributed by atoms with Gasteiger partial charge in [-0.2, -0.15) is 0 Å². The van der Waals surface area contributed by atoms with Crippen LogP contribution in [0.5, 0.6) is 5.75 Å². The van der Waals surface area contributed by atoms with Crippen molar-refractivity contribution in [3.63, 3.8) is 0 Å². The number of nitrogens with two attached hydrogens (primary N) is 1. The van der Waals surface area contributed by atoms with Crippen molar-refractivity contribution in [3.05, 3.63) is 29.8 Å². The second-order valence-corrected chi connectivity index (χ2v) is 3.15. The number of phenolic OH excluding ortho intramolecular Hbond substituents is 1. The van der Waals surface area contributed by atoms with Crippen LogP contribution in [0.4, 0.5) is 0 Å². The fourth-order valence-corrected chi connectivity index (χ4v) is 1.23. The molecule has 14 heavy (non-hydrogen) atoms. The van der Waals surface area contributed by atoms with E-state index in [1.807, 2.05) is 9.47 Å². The molecule has 0 spiro atoms. The lowest BCUT2D eigenvalue weighted by molar-refractivity contribution is -0.134. The molecule has 0 amide bonds. The van der Waals surface area contributed by atoms with E-state index in [4.69, 9.17) is 10.8 Å². The van der Waals surface area contributed by atoms with Crippen LogP contribution >= 0.6 is 9.47 Å². The maximum absolute atomic E-state index is 11.0. The Labute approximate surface area is 84.4 Å². The summed E-state index contributed by atoms with van der Waals surface area (Å²) in [6.45, 7) is 0. The minimum atomic E-state index is -0.669. The summed E-state index contributed by atoms with van der Waals surface area (Å²) in [4.78, 5) is 11.0. The van der Waals surface area contributed by atoms with Gasteiger partial charge in [-0.25, -0.2) is 0 Å². The van der Waals surface area contributed by atoms with Crippen LogP contribution in [-0.4, -0.2) is 17.1 Å². The molecule has 0 aliphatic carbocycles. The van der Waals surface area contributed by atoms with Crippen LogP contribution in [0.3, 0.4) is 0 Å². The van der Waals surface area contributed by atoms with Crippen LogP contribution < -0.4 is 5.73 Å². The van der Waals surface area contributed by atoms with Crippen LogP contribution in [0.2, 0.25) is 0 Å². The predicted octanol–water partition coefficient (Wildman–Crippen LogP) is 0.595. The standard InChI is InChI=1S/C9H12NO3P/c10-8(9(12)13-14)5-6-1-3-7(11)4-2-6/h1-4,8,11H,5,10,14H2/t8-/m0/s1. The molecular formula is C9H12NO3P. The topological polar surface area (TPSA) is 72.5 Å². The second-order valence-electron chi connectivity index (χ2n) is 2.91. The summed E-state index contributed by atoms with van der Waals surface area (Å²) >= 11 is 0. The Morgan fingerprint density at radius 1 is 1.50 bits per heavy atom. The molecule has 4 nitrogen and oxygen atoms in total. The van der Waals surface area contributed by atoms with E-state index >= 15 is 0 Å². The molecular weight excluding hydrogens is 201 g/mol. The van der Waals surface area contributed by atoms with Crippen molar-refractivity contribution in [2.45, 2.75) is 12.5 Å². The number of phenols is 1. The summed E-state index contributed by atoms with van der Waals surface area (Å²) in [5, 5.41) is 9.02. The van der Waals surface area contributed by atoms with Gasteiger partial charge in [0.25, 0.3) is 0 Å². The van der Waals surface area contributed by atoms with Crippen LogP contribution in [0.25, 0.3) is 0 Å². The summed E-state index contributed by atoms with van der Waals surface area (Å²) in [5.41, 5.74) is 6.43. The van der Waals surface area contributed by atoms with Gasteiger partial charge in [0, 0.05) is 0 Å². The fraction of sp³-hybridized carbons (Fsp3) is 0.222. The minimum Gasteiger partial charge on any atom is -0.508 e. The van der Waals surface area contributed by atoms with E-state index in [1.165, 1.54) is 0 Å². The second kappa shape index (κ2) is 4.94.